The van der Waals surface area contributed by atoms with E-state index in [9.17, 15) is 9.18 Å². The average molecular weight is 402 g/mol. The highest BCUT2D eigenvalue weighted by Crippen LogP contribution is 2.25. The molecule has 1 N–H and O–H groups in total. The molecule has 0 aliphatic heterocycles. The molecule has 0 fully saturated rings. The minimum atomic E-state index is -0.661. The number of halogens is 3. The predicted octanol–water partition coefficient (Wildman–Crippen LogP) is 4.95. The lowest BCUT2D eigenvalue weighted by Gasteiger charge is -2.15. The first-order chi connectivity index (χ1) is 12.0. The zero-order valence-electron chi connectivity index (χ0n) is 13.6. The molecule has 0 radical (unpaired) electrons. The summed E-state index contributed by atoms with van der Waals surface area (Å²) in [5.41, 5.74) is 0.482. The van der Waals surface area contributed by atoms with Gasteiger partial charge in [-0.2, -0.15) is 11.8 Å². The maximum absolute atomic E-state index is 13.6. The number of rotatable bonds is 8. The smallest absolute Gasteiger partial charge is 0.260 e. The van der Waals surface area contributed by atoms with Crippen LogP contribution in [0, 0.1) is 5.82 Å². The van der Waals surface area contributed by atoms with Crippen LogP contribution in [0.5, 0.6) is 5.75 Å². The van der Waals surface area contributed by atoms with Crippen molar-refractivity contribution in [2.75, 3.05) is 12.3 Å². The normalized spacial score (nSPS) is 11.8. The zero-order valence-corrected chi connectivity index (χ0v) is 15.9. The largest absolute Gasteiger partial charge is 0.479 e. The van der Waals surface area contributed by atoms with Crippen LogP contribution < -0.4 is 10.1 Å². The van der Waals surface area contributed by atoms with Crippen LogP contribution in [-0.4, -0.2) is 24.3 Å². The van der Waals surface area contributed by atoms with Crippen LogP contribution in [0.1, 0.15) is 12.5 Å². The molecule has 2 rings (SSSR count). The minimum Gasteiger partial charge on any atom is -0.479 e. The van der Waals surface area contributed by atoms with E-state index in [4.69, 9.17) is 27.9 Å². The molecule has 1 amide bonds. The number of para-hydroxylation sites is 1. The molecule has 1 atom stereocenters. The highest BCUT2D eigenvalue weighted by molar-refractivity contribution is 7.98. The van der Waals surface area contributed by atoms with Crippen LogP contribution >= 0.6 is 35.0 Å². The quantitative estimate of drug-likeness (QED) is 0.635. The molecule has 0 aromatic heterocycles. The van der Waals surface area contributed by atoms with Crippen molar-refractivity contribution in [1.82, 2.24) is 5.32 Å². The fourth-order valence-electron chi connectivity index (χ4n) is 2.02. The van der Waals surface area contributed by atoms with E-state index in [0.29, 0.717) is 39.4 Å². The lowest BCUT2D eigenvalue weighted by molar-refractivity contribution is -0.127. The molecule has 7 heteroatoms. The van der Waals surface area contributed by atoms with Gasteiger partial charge in [0.2, 0.25) is 0 Å². The van der Waals surface area contributed by atoms with E-state index >= 15 is 0 Å². The van der Waals surface area contributed by atoms with Crippen LogP contribution in [0.2, 0.25) is 10.0 Å². The van der Waals surface area contributed by atoms with Gasteiger partial charge in [0, 0.05) is 28.6 Å². The number of hydrogen-bond donors (Lipinski definition) is 1. The summed E-state index contributed by atoms with van der Waals surface area (Å²) in [5, 5.41) is 3.66. The Kier molecular flexibility index (Phi) is 7.88. The van der Waals surface area contributed by atoms with Gasteiger partial charge in [0.05, 0.1) is 5.02 Å². The molecule has 3 nitrogen and oxygen atoms in total. The third kappa shape index (κ3) is 6.10. The highest BCUT2D eigenvalue weighted by Gasteiger charge is 2.15. The van der Waals surface area contributed by atoms with Gasteiger partial charge in [0.1, 0.15) is 11.6 Å². The topological polar surface area (TPSA) is 38.3 Å². The van der Waals surface area contributed by atoms with Crippen molar-refractivity contribution in [2.24, 2.45) is 0 Å². The van der Waals surface area contributed by atoms with E-state index in [1.165, 1.54) is 17.8 Å². The number of nitrogens with one attached hydrogen (secondary N) is 1. The SMILES string of the molecule is C[C@H](Oc1ccccc1Cl)C(=O)NCCSCc1c(F)cccc1Cl. The van der Waals surface area contributed by atoms with Crippen LogP contribution in [0.4, 0.5) is 4.39 Å². The fraction of sp³-hybridized carbons (Fsp3) is 0.278. The second-order valence-electron chi connectivity index (χ2n) is 5.23. The van der Waals surface area contributed by atoms with Crippen LogP contribution in [-0.2, 0) is 10.5 Å². The van der Waals surface area contributed by atoms with Crippen molar-refractivity contribution < 1.29 is 13.9 Å². The number of amides is 1. The highest BCUT2D eigenvalue weighted by atomic mass is 35.5. The molecule has 0 bridgehead atoms. The third-order valence-corrected chi connectivity index (χ3v) is 5.02. The first-order valence-corrected chi connectivity index (χ1v) is 9.59. The molecule has 0 unspecified atom stereocenters. The lowest BCUT2D eigenvalue weighted by atomic mass is 10.2. The average Bonchev–Trinajstić information content (AvgIpc) is 2.58. The molecule has 2 aromatic rings. The van der Waals surface area contributed by atoms with E-state index in [1.807, 2.05) is 0 Å². The summed E-state index contributed by atoms with van der Waals surface area (Å²) < 4.78 is 19.2. The summed E-state index contributed by atoms with van der Waals surface area (Å²) >= 11 is 13.5. The number of thioether (sulfide) groups is 1. The molecule has 0 heterocycles. The van der Waals surface area contributed by atoms with E-state index in [2.05, 4.69) is 5.32 Å². The Morgan fingerprint density at radius 3 is 2.64 bits per heavy atom. The standard InChI is InChI=1S/C18H18Cl2FNO2S/c1-12(24-17-8-3-2-5-15(17)20)18(23)22-9-10-25-11-13-14(19)6-4-7-16(13)21/h2-8,12H,9-11H2,1H3,(H,22,23)/t12-/m0/s1. The third-order valence-electron chi connectivity index (χ3n) is 3.36. The summed E-state index contributed by atoms with van der Waals surface area (Å²) in [6, 6.07) is 11.6. The molecule has 0 saturated carbocycles. The van der Waals surface area contributed by atoms with Gasteiger partial charge < -0.3 is 10.1 Å². The molecule has 0 aliphatic rings. The minimum absolute atomic E-state index is 0.232. The summed E-state index contributed by atoms with van der Waals surface area (Å²) in [6.07, 6.45) is -0.661. The van der Waals surface area contributed by atoms with Gasteiger partial charge in [-0.25, -0.2) is 4.39 Å². The summed E-state index contributed by atoms with van der Waals surface area (Å²) in [7, 11) is 0. The molecule has 134 valence electrons. The number of ether oxygens (including phenoxy) is 1. The summed E-state index contributed by atoms with van der Waals surface area (Å²) in [4.78, 5) is 12.0. The van der Waals surface area contributed by atoms with E-state index in [0.717, 1.165) is 0 Å². The van der Waals surface area contributed by atoms with Crippen LogP contribution in [0.15, 0.2) is 42.5 Å². The predicted molar refractivity (Wildman–Crippen MR) is 102 cm³/mol. The monoisotopic (exact) mass is 401 g/mol. The van der Waals surface area contributed by atoms with Gasteiger partial charge in [0.15, 0.2) is 6.10 Å². The Morgan fingerprint density at radius 2 is 1.92 bits per heavy atom. The molecule has 0 spiro atoms. The number of hydrogen-bond acceptors (Lipinski definition) is 3. The van der Waals surface area contributed by atoms with Crippen molar-refractivity contribution in [2.45, 2.75) is 18.8 Å². The Balaban J connectivity index is 1.71. The fourth-order valence-corrected chi connectivity index (χ4v) is 3.40. The van der Waals surface area contributed by atoms with Crippen molar-refractivity contribution in [3.05, 3.63) is 63.9 Å². The molecule has 25 heavy (non-hydrogen) atoms. The molecular formula is C18H18Cl2FNO2S. The first-order valence-electron chi connectivity index (χ1n) is 7.68. The number of carbonyl (C=O) groups excluding carboxylic acids is 1. The second kappa shape index (κ2) is 9.90. The van der Waals surface area contributed by atoms with Gasteiger partial charge >= 0.3 is 0 Å². The van der Waals surface area contributed by atoms with Crippen molar-refractivity contribution in [1.29, 1.82) is 0 Å². The van der Waals surface area contributed by atoms with Crippen LogP contribution in [0.3, 0.4) is 0 Å². The Morgan fingerprint density at radius 1 is 1.20 bits per heavy atom. The molecule has 0 aliphatic carbocycles. The van der Waals surface area contributed by atoms with Crippen molar-refractivity contribution in [3.63, 3.8) is 0 Å². The maximum atomic E-state index is 13.6. The molecule has 2 aromatic carbocycles. The summed E-state index contributed by atoms with van der Waals surface area (Å²) in [6.45, 7) is 2.11. The number of benzene rings is 2. The number of carbonyl (C=O) groups is 1. The Hall–Kier alpha value is -1.43. The van der Waals surface area contributed by atoms with Crippen molar-refractivity contribution >= 4 is 40.9 Å². The van der Waals surface area contributed by atoms with Crippen molar-refractivity contribution in [3.8, 4) is 5.75 Å². The van der Waals surface area contributed by atoms with Gasteiger partial charge in [-0.15, -0.1) is 0 Å². The van der Waals surface area contributed by atoms with Crippen LogP contribution in [0.25, 0.3) is 0 Å². The van der Waals surface area contributed by atoms with Gasteiger partial charge in [-0.05, 0) is 31.2 Å². The Bertz CT molecular complexity index is 710. The zero-order chi connectivity index (χ0) is 18.2. The maximum Gasteiger partial charge on any atom is 0.260 e. The molecule has 0 saturated heterocycles. The van der Waals surface area contributed by atoms with E-state index < -0.39 is 6.10 Å². The first kappa shape index (κ1) is 19.9. The second-order valence-corrected chi connectivity index (χ2v) is 7.15. The molecular weight excluding hydrogens is 384 g/mol. The van der Waals surface area contributed by atoms with E-state index in [-0.39, 0.29) is 11.7 Å². The lowest BCUT2D eigenvalue weighted by Crippen LogP contribution is -2.37. The van der Waals surface area contributed by atoms with E-state index in [1.54, 1.807) is 43.3 Å². The van der Waals surface area contributed by atoms with Gasteiger partial charge in [0.25, 0.3) is 5.91 Å². The Labute approximate surface area is 160 Å². The van der Waals surface area contributed by atoms with Gasteiger partial charge in [-0.1, -0.05) is 41.4 Å². The van der Waals surface area contributed by atoms with Gasteiger partial charge in [-0.3, -0.25) is 4.79 Å². The summed E-state index contributed by atoms with van der Waals surface area (Å²) in [5.74, 6) is 1.01.